The van der Waals surface area contributed by atoms with E-state index in [1.807, 2.05) is 0 Å². The normalized spacial score (nSPS) is 36.8. The maximum atomic E-state index is 10.8. The van der Waals surface area contributed by atoms with Gasteiger partial charge in [-0.1, -0.05) is 0 Å². The maximum Gasteiger partial charge on any atom is 0.402 e. The number of aliphatic hydroxyl groups is 12. The molecule has 0 aliphatic carbocycles. The molecule has 4 heterocycles. The van der Waals surface area contributed by atoms with Crippen molar-refractivity contribution < 1.29 is 109 Å². The lowest BCUT2D eigenvalue weighted by molar-refractivity contribution is -0.277. The molecule has 15 atom stereocenters. The molecule has 0 bridgehead atoms. The molecule has 3 aliphatic heterocycles. The second-order valence-electron chi connectivity index (χ2n) is 13.1. The van der Waals surface area contributed by atoms with Crippen LogP contribution < -0.4 is 14.2 Å². The first kappa shape index (κ1) is 40.7. The number of rotatable bonds is 10. The summed E-state index contributed by atoms with van der Waals surface area (Å²) in [4.78, 5) is 0. The Balaban J connectivity index is 1.46. The predicted octanol–water partition coefficient (Wildman–Crippen LogP) is -4.97. The topological polar surface area (TPSA) is 370 Å². The minimum atomic E-state index is -1.97. The summed E-state index contributed by atoms with van der Waals surface area (Å²) in [7, 11) is 0. The van der Waals surface area contributed by atoms with Crippen LogP contribution in [0.3, 0.4) is 0 Å². The van der Waals surface area contributed by atoms with Crippen molar-refractivity contribution in [2.75, 3.05) is 19.8 Å². The highest BCUT2D eigenvalue weighted by Crippen LogP contribution is 2.46. The zero-order valence-electron chi connectivity index (χ0n) is 28.2. The summed E-state index contributed by atoms with van der Waals surface area (Å²) >= 11 is 0. The quantitative estimate of drug-likeness (QED) is 0.0675. The molecule has 55 heavy (non-hydrogen) atoms. The predicted molar refractivity (Wildman–Crippen MR) is 174 cm³/mol. The molecular formula is C33H41O22+. The largest absolute Gasteiger partial charge is 0.507 e. The van der Waals surface area contributed by atoms with Gasteiger partial charge in [0, 0.05) is 24.3 Å². The third kappa shape index (κ3) is 7.76. The highest BCUT2D eigenvalue weighted by Gasteiger charge is 2.48. The van der Waals surface area contributed by atoms with Gasteiger partial charge in [-0.25, -0.2) is 4.42 Å². The molecule has 304 valence electrons. The van der Waals surface area contributed by atoms with Crippen LogP contribution in [0.25, 0.3) is 22.3 Å². The van der Waals surface area contributed by atoms with Gasteiger partial charge in [-0.3, -0.25) is 0 Å². The summed E-state index contributed by atoms with van der Waals surface area (Å²) in [6, 6.07) is 5.18. The molecule has 22 heteroatoms. The number of phenolic OH excluding ortho intramolecular Hbond substituents is 3. The van der Waals surface area contributed by atoms with Gasteiger partial charge < -0.3 is 105 Å². The van der Waals surface area contributed by atoms with E-state index in [0.717, 1.165) is 30.3 Å². The van der Waals surface area contributed by atoms with Crippen molar-refractivity contribution in [2.24, 2.45) is 0 Å². The van der Waals surface area contributed by atoms with Gasteiger partial charge in [-0.15, -0.1) is 0 Å². The molecule has 3 saturated heterocycles. The molecule has 3 aromatic rings. The number of fused-ring (bicyclic) bond motifs is 1. The second kappa shape index (κ2) is 16.3. The van der Waals surface area contributed by atoms with E-state index in [4.69, 9.17) is 32.8 Å². The van der Waals surface area contributed by atoms with Crippen molar-refractivity contribution in [3.63, 3.8) is 0 Å². The van der Waals surface area contributed by atoms with E-state index in [-0.39, 0.29) is 22.3 Å². The van der Waals surface area contributed by atoms with E-state index >= 15 is 0 Å². The smallest absolute Gasteiger partial charge is 0.402 e. The van der Waals surface area contributed by atoms with Crippen molar-refractivity contribution in [1.29, 1.82) is 0 Å². The molecule has 3 aliphatic rings. The van der Waals surface area contributed by atoms with Gasteiger partial charge in [0.2, 0.25) is 30.4 Å². The molecule has 6 rings (SSSR count). The minimum absolute atomic E-state index is 0.0982. The van der Waals surface area contributed by atoms with Crippen LogP contribution in [0, 0.1) is 0 Å². The van der Waals surface area contributed by atoms with Gasteiger partial charge >= 0.3 is 11.3 Å². The van der Waals surface area contributed by atoms with E-state index in [2.05, 4.69) is 0 Å². The SMILES string of the molecule is OC[C@H]1O[C@@H](Oc2cc3c(O[C@@H]4O[C@H](CO)[C@@H](O)[C@H](O)[C@H]4O)cc(O)cc3[o+]c2-c2cc(O)c(O)c(O[C@@H]3O[C@H](CO)[C@@H](O)[C@H](O)[C@H]3O)c2)[C@H](O)[C@@H](O)[C@@H]1O. The van der Waals surface area contributed by atoms with Crippen LogP contribution in [0.15, 0.2) is 34.7 Å². The molecule has 0 spiro atoms. The number of hydrogen-bond donors (Lipinski definition) is 15. The van der Waals surface area contributed by atoms with Gasteiger partial charge in [-0.2, -0.15) is 0 Å². The molecule has 0 amide bonds. The Morgan fingerprint density at radius 2 is 0.927 bits per heavy atom. The Morgan fingerprint density at radius 1 is 0.491 bits per heavy atom. The van der Waals surface area contributed by atoms with E-state index in [0.29, 0.717) is 0 Å². The van der Waals surface area contributed by atoms with Crippen LogP contribution in [-0.4, -0.2) is 189 Å². The van der Waals surface area contributed by atoms with Crippen LogP contribution in [-0.2, 0) is 14.2 Å². The molecule has 3 fully saturated rings. The number of phenols is 3. The van der Waals surface area contributed by atoms with Crippen molar-refractivity contribution >= 4 is 11.0 Å². The standard InChI is InChI=1S/C33H40O22/c34-6-17-21(40)24(43)27(46)31(53-17)50-14-4-10(37)3-13-11(14)5-16(52-33-29(48)26(45)23(42)19(8-36)55-33)30(49-13)9-1-12(38)20(39)15(2-9)51-32-28(47)25(44)22(41)18(7-35)54-32/h1-5,17-19,21-29,31-36,40-48H,6-8H2,(H2-,37,38,39)/p+1/t17-,18-,19-,21-,22-,23-,24+,25+,26+,27-,28-,29-,31-,32-,33-/m1/s1. The molecule has 0 unspecified atom stereocenters. The van der Waals surface area contributed by atoms with E-state index in [9.17, 15) is 76.6 Å². The second-order valence-corrected chi connectivity index (χ2v) is 13.1. The van der Waals surface area contributed by atoms with Crippen LogP contribution in [0.5, 0.6) is 34.5 Å². The Hall–Kier alpha value is -3.95. The van der Waals surface area contributed by atoms with Gasteiger partial charge in [-0.05, 0) is 0 Å². The lowest BCUT2D eigenvalue weighted by Gasteiger charge is -2.39. The van der Waals surface area contributed by atoms with Crippen molar-refractivity contribution in [3.05, 3.63) is 30.3 Å². The summed E-state index contributed by atoms with van der Waals surface area (Å²) in [6.07, 6.45) is -26.4. The summed E-state index contributed by atoms with van der Waals surface area (Å²) in [6.45, 7) is -2.44. The van der Waals surface area contributed by atoms with E-state index < -0.39 is 146 Å². The molecule has 2 aromatic carbocycles. The van der Waals surface area contributed by atoms with Crippen LogP contribution >= 0.6 is 0 Å². The monoisotopic (exact) mass is 789 g/mol. The highest BCUT2D eigenvalue weighted by molar-refractivity contribution is 5.89. The van der Waals surface area contributed by atoms with Gasteiger partial charge in [0.15, 0.2) is 11.5 Å². The fourth-order valence-electron chi connectivity index (χ4n) is 6.24. The first-order valence-electron chi connectivity index (χ1n) is 16.7. The molecule has 15 N–H and O–H groups in total. The summed E-state index contributed by atoms with van der Waals surface area (Å²) in [5.74, 6) is -4.12. The Bertz CT molecular complexity index is 1800. The van der Waals surface area contributed by atoms with Gasteiger partial charge in [0.05, 0.1) is 31.5 Å². The molecule has 1 aromatic heterocycles. The fraction of sp³-hybridized carbons (Fsp3) is 0.545. The Labute approximate surface area is 308 Å². The van der Waals surface area contributed by atoms with Crippen LogP contribution in [0.4, 0.5) is 0 Å². The van der Waals surface area contributed by atoms with Crippen molar-refractivity contribution in [2.45, 2.75) is 92.1 Å². The number of benzene rings is 2. The average Bonchev–Trinajstić information content (AvgIpc) is 3.16. The fourth-order valence-corrected chi connectivity index (χ4v) is 6.24. The summed E-state index contributed by atoms with van der Waals surface area (Å²) < 4.78 is 39.6. The lowest BCUT2D eigenvalue weighted by atomic mass is 9.99. The lowest BCUT2D eigenvalue weighted by Crippen LogP contribution is -2.60. The average molecular weight is 790 g/mol. The molecule has 0 radical (unpaired) electrons. The number of hydrogen-bond acceptors (Lipinski definition) is 21. The third-order valence-electron chi connectivity index (χ3n) is 9.39. The number of ether oxygens (including phenoxy) is 6. The van der Waals surface area contributed by atoms with Crippen molar-refractivity contribution in [3.8, 4) is 45.8 Å². The first-order valence-corrected chi connectivity index (χ1v) is 16.7. The Kier molecular flexibility index (Phi) is 12.0. The first-order chi connectivity index (χ1) is 26.1. The molecular weight excluding hydrogens is 748 g/mol. The van der Waals surface area contributed by atoms with Crippen molar-refractivity contribution in [1.82, 2.24) is 0 Å². The Morgan fingerprint density at radius 3 is 1.38 bits per heavy atom. The minimum Gasteiger partial charge on any atom is -0.507 e. The zero-order valence-corrected chi connectivity index (χ0v) is 28.2. The zero-order chi connectivity index (χ0) is 40.0. The van der Waals surface area contributed by atoms with Crippen LogP contribution in [0.1, 0.15) is 0 Å². The molecule has 22 nitrogen and oxygen atoms in total. The maximum absolute atomic E-state index is 10.8. The summed E-state index contributed by atoms with van der Waals surface area (Å²) in [5.41, 5.74) is -0.462. The molecule has 0 saturated carbocycles. The van der Waals surface area contributed by atoms with Gasteiger partial charge in [0.25, 0.3) is 0 Å². The number of aromatic hydroxyl groups is 3. The van der Waals surface area contributed by atoms with Crippen LogP contribution in [0.2, 0.25) is 0 Å². The summed E-state index contributed by atoms with van der Waals surface area (Å²) in [5, 5.41) is 154. The van der Waals surface area contributed by atoms with E-state index in [1.165, 1.54) is 0 Å². The highest BCUT2D eigenvalue weighted by atomic mass is 16.7. The van der Waals surface area contributed by atoms with Gasteiger partial charge in [0.1, 0.15) is 90.1 Å². The third-order valence-corrected chi connectivity index (χ3v) is 9.39. The number of aliphatic hydroxyl groups excluding tert-OH is 12. The van der Waals surface area contributed by atoms with E-state index in [1.54, 1.807) is 0 Å².